The van der Waals surface area contributed by atoms with Crippen molar-refractivity contribution in [2.75, 3.05) is 0 Å². The summed E-state index contributed by atoms with van der Waals surface area (Å²) < 4.78 is 8.56. The van der Waals surface area contributed by atoms with Crippen molar-refractivity contribution in [2.45, 2.75) is 0 Å². The Bertz CT molecular complexity index is 973. The van der Waals surface area contributed by atoms with Crippen molar-refractivity contribution in [3.05, 3.63) is 58.6 Å². The van der Waals surface area contributed by atoms with Crippen LogP contribution >= 0.6 is 11.3 Å². The number of nitro groups is 1. The van der Waals surface area contributed by atoms with Gasteiger partial charge in [0.25, 0.3) is 4.96 Å². The summed E-state index contributed by atoms with van der Waals surface area (Å²) in [4.78, 5) is 19.3. The maximum atomic E-state index is 11.2. The van der Waals surface area contributed by atoms with Gasteiger partial charge in [-0.25, -0.2) is 9.67 Å². The molecule has 0 saturated heterocycles. The number of nitrogens with zero attached hydrogens (tertiary/aromatic N) is 6. The third kappa shape index (κ3) is 2.30. The molecule has 1 aromatic carbocycles. The predicted molar refractivity (Wildman–Crippen MR) is 81.2 cm³/mol. The highest BCUT2D eigenvalue weighted by molar-refractivity contribution is 7.15. The van der Waals surface area contributed by atoms with Gasteiger partial charge < -0.3 is 14.9 Å². The molecule has 4 aromatic rings. The van der Waals surface area contributed by atoms with Crippen molar-refractivity contribution in [3.63, 3.8) is 0 Å². The molecule has 0 saturated carbocycles. The molecule has 0 spiro atoms. The molecular weight excluding hydrogens is 320 g/mol. The van der Waals surface area contributed by atoms with Crippen LogP contribution in [0.5, 0.6) is 11.6 Å². The zero-order valence-corrected chi connectivity index (χ0v) is 12.3. The number of ether oxygens (including phenoxy) is 1. The van der Waals surface area contributed by atoms with E-state index in [-0.39, 0.29) is 11.7 Å². The van der Waals surface area contributed by atoms with Crippen LogP contribution in [0.25, 0.3) is 10.6 Å². The molecular formula is C13H8N6O3S. The molecule has 0 aliphatic rings. The van der Waals surface area contributed by atoms with Gasteiger partial charge in [-0.05, 0) is 29.2 Å². The topological polar surface area (TPSA) is 100 Å². The van der Waals surface area contributed by atoms with Crippen LogP contribution in [-0.2, 0) is 0 Å². The van der Waals surface area contributed by atoms with Crippen LogP contribution in [-0.4, -0.2) is 29.1 Å². The first kappa shape index (κ1) is 13.4. The van der Waals surface area contributed by atoms with Crippen molar-refractivity contribution < 1.29 is 9.66 Å². The van der Waals surface area contributed by atoms with E-state index < -0.39 is 4.92 Å². The van der Waals surface area contributed by atoms with Gasteiger partial charge in [0.05, 0.1) is 5.69 Å². The summed E-state index contributed by atoms with van der Waals surface area (Å²) in [6.45, 7) is 0. The number of hydrogen-bond donors (Lipinski definition) is 0. The first-order valence-corrected chi connectivity index (χ1v) is 7.33. The molecule has 0 amide bonds. The number of hydrogen-bond acceptors (Lipinski definition) is 7. The van der Waals surface area contributed by atoms with Crippen LogP contribution in [0.2, 0.25) is 0 Å². The van der Waals surface area contributed by atoms with E-state index in [0.717, 1.165) is 5.69 Å². The molecule has 114 valence electrons. The lowest BCUT2D eigenvalue weighted by Crippen LogP contribution is -1.96. The monoisotopic (exact) mass is 328 g/mol. The fourth-order valence-electron chi connectivity index (χ4n) is 2.11. The molecule has 10 heteroatoms. The zero-order chi connectivity index (χ0) is 15.8. The summed E-state index contributed by atoms with van der Waals surface area (Å²) in [6.07, 6.45) is 4.60. The SMILES string of the molecule is O=[N+]([O-])c1c(Oc2ccc(-n3cncn3)cc2)nc2sccn12. The first-order valence-electron chi connectivity index (χ1n) is 6.45. The number of thiazole rings is 1. The second-order valence-corrected chi connectivity index (χ2v) is 5.36. The Hall–Kier alpha value is -3.27. The van der Waals surface area contributed by atoms with E-state index in [1.807, 2.05) is 0 Å². The standard InChI is InChI=1S/C13H8N6O3S/c20-19(21)12-11(16-13-17(12)5-6-23-13)22-10-3-1-9(2-4-10)18-8-14-7-15-18/h1-8H. The van der Waals surface area contributed by atoms with Crippen molar-refractivity contribution in [3.8, 4) is 17.3 Å². The Morgan fingerprint density at radius 3 is 2.78 bits per heavy atom. The lowest BCUT2D eigenvalue weighted by molar-refractivity contribution is -0.391. The highest BCUT2D eigenvalue weighted by Gasteiger charge is 2.25. The number of benzene rings is 1. The smallest absolute Gasteiger partial charge is 0.393 e. The minimum Gasteiger partial charge on any atom is -0.433 e. The molecule has 3 heterocycles. The normalized spacial score (nSPS) is 11.0. The number of rotatable bonds is 4. The average Bonchev–Trinajstić information content (AvgIpc) is 3.24. The minimum atomic E-state index is -0.508. The lowest BCUT2D eigenvalue weighted by atomic mass is 10.3. The number of imidazole rings is 1. The number of fused-ring (bicyclic) bond motifs is 1. The van der Waals surface area contributed by atoms with Gasteiger partial charge in [-0.2, -0.15) is 14.5 Å². The van der Waals surface area contributed by atoms with Gasteiger partial charge in [-0.15, -0.1) is 0 Å². The van der Waals surface area contributed by atoms with Crippen molar-refractivity contribution in [1.82, 2.24) is 24.1 Å². The fraction of sp³-hybridized carbons (Fsp3) is 0. The minimum absolute atomic E-state index is 0.0321. The predicted octanol–water partition coefficient (Wildman–Crippen LogP) is 2.68. The summed E-state index contributed by atoms with van der Waals surface area (Å²) in [5, 5.41) is 17.0. The summed E-state index contributed by atoms with van der Waals surface area (Å²) in [5.74, 6) is 0.222. The Morgan fingerprint density at radius 2 is 2.09 bits per heavy atom. The summed E-state index contributed by atoms with van der Waals surface area (Å²) in [5.41, 5.74) is 0.801. The second kappa shape index (κ2) is 5.18. The largest absolute Gasteiger partial charge is 0.433 e. The Kier molecular flexibility index (Phi) is 3.01. The van der Waals surface area contributed by atoms with E-state index in [1.54, 1.807) is 46.9 Å². The van der Waals surface area contributed by atoms with E-state index in [2.05, 4.69) is 15.1 Å². The van der Waals surface area contributed by atoms with Gasteiger partial charge in [-0.1, -0.05) is 11.3 Å². The van der Waals surface area contributed by atoms with Gasteiger partial charge in [0.1, 0.15) is 24.6 Å². The summed E-state index contributed by atoms with van der Waals surface area (Å²) in [7, 11) is 0. The highest BCUT2D eigenvalue weighted by Crippen LogP contribution is 2.33. The molecule has 0 bridgehead atoms. The first-order chi connectivity index (χ1) is 11.2. The molecule has 9 nitrogen and oxygen atoms in total. The van der Waals surface area contributed by atoms with Gasteiger partial charge >= 0.3 is 11.7 Å². The van der Waals surface area contributed by atoms with E-state index in [1.165, 1.54) is 22.1 Å². The van der Waals surface area contributed by atoms with Crippen molar-refractivity contribution in [1.29, 1.82) is 0 Å². The van der Waals surface area contributed by atoms with E-state index in [0.29, 0.717) is 10.7 Å². The third-order valence-corrected chi connectivity index (χ3v) is 3.87. The van der Waals surface area contributed by atoms with Crippen LogP contribution in [0.4, 0.5) is 5.82 Å². The molecule has 0 radical (unpaired) electrons. The summed E-state index contributed by atoms with van der Waals surface area (Å²) in [6, 6.07) is 6.92. The quantitative estimate of drug-likeness (QED) is 0.422. The molecule has 0 fully saturated rings. The Morgan fingerprint density at radius 1 is 1.26 bits per heavy atom. The lowest BCUT2D eigenvalue weighted by Gasteiger charge is -2.04. The van der Waals surface area contributed by atoms with Gasteiger partial charge in [-0.3, -0.25) is 0 Å². The maximum Gasteiger partial charge on any atom is 0.393 e. The Labute approximate surface area is 132 Å². The van der Waals surface area contributed by atoms with Crippen LogP contribution in [0.1, 0.15) is 0 Å². The van der Waals surface area contributed by atoms with Crippen LogP contribution in [0, 0.1) is 10.1 Å². The Balaban J connectivity index is 1.67. The molecule has 3 aromatic heterocycles. The zero-order valence-electron chi connectivity index (χ0n) is 11.4. The number of aromatic nitrogens is 5. The van der Waals surface area contributed by atoms with Crippen LogP contribution in [0.15, 0.2) is 48.5 Å². The van der Waals surface area contributed by atoms with Gasteiger partial charge in [0.2, 0.25) is 0 Å². The molecule has 4 rings (SSSR count). The molecule has 0 aliphatic carbocycles. The second-order valence-electron chi connectivity index (χ2n) is 4.49. The summed E-state index contributed by atoms with van der Waals surface area (Å²) >= 11 is 1.30. The molecule has 0 N–H and O–H groups in total. The maximum absolute atomic E-state index is 11.2. The molecule has 0 atom stereocenters. The van der Waals surface area contributed by atoms with Crippen LogP contribution in [0.3, 0.4) is 0 Å². The molecule has 0 aliphatic heterocycles. The average molecular weight is 328 g/mol. The van der Waals surface area contributed by atoms with E-state index in [4.69, 9.17) is 4.74 Å². The van der Waals surface area contributed by atoms with E-state index >= 15 is 0 Å². The van der Waals surface area contributed by atoms with Crippen molar-refractivity contribution in [2.24, 2.45) is 0 Å². The van der Waals surface area contributed by atoms with E-state index in [9.17, 15) is 10.1 Å². The van der Waals surface area contributed by atoms with Gasteiger partial charge in [0.15, 0.2) is 0 Å². The highest BCUT2D eigenvalue weighted by atomic mass is 32.1. The van der Waals surface area contributed by atoms with Crippen LogP contribution < -0.4 is 4.74 Å². The fourth-order valence-corrected chi connectivity index (χ4v) is 2.81. The molecule has 0 unspecified atom stereocenters. The van der Waals surface area contributed by atoms with Gasteiger partial charge in [0, 0.05) is 5.38 Å². The third-order valence-electron chi connectivity index (χ3n) is 3.11. The van der Waals surface area contributed by atoms with Crippen molar-refractivity contribution >= 4 is 22.1 Å². The molecule has 23 heavy (non-hydrogen) atoms.